The van der Waals surface area contributed by atoms with Crippen molar-refractivity contribution in [2.24, 2.45) is 0 Å². The maximum absolute atomic E-state index is 11.5. The molecule has 6 heteroatoms. The van der Waals surface area contributed by atoms with Crippen LogP contribution in [0, 0.1) is 6.92 Å². The third kappa shape index (κ3) is 3.78. The molecule has 0 fully saturated rings. The number of hydrogen-bond acceptors (Lipinski definition) is 3. The molecule has 5 nitrogen and oxygen atoms in total. The summed E-state index contributed by atoms with van der Waals surface area (Å²) in [4.78, 5) is 0. The maximum atomic E-state index is 11.5. The first-order valence-corrected chi connectivity index (χ1v) is 11.8. The van der Waals surface area contributed by atoms with Gasteiger partial charge in [0.25, 0.3) is 0 Å². The van der Waals surface area contributed by atoms with Crippen LogP contribution in [0.5, 0.6) is 0 Å². The van der Waals surface area contributed by atoms with Crippen molar-refractivity contribution in [3.8, 4) is 16.9 Å². The quantitative estimate of drug-likeness (QED) is 0.384. The van der Waals surface area contributed by atoms with Crippen LogP contribution in [0.25, 0.3) is 38.5 Å². The molecule has 4 aromatic carbocycles. The van der Waals surface area contributed by atoms with E-state index in [-0.39, 0.29) is 0 Å². The molecule has 0 radical (unpaired) electrons. The van der Waals surface area contributed by atoms with Gasteiger partial charge in [-0.1, -0.05) is 42.5 Å². The Morgan fingerprint density at radius 1 is 0.806 bits per heavy atom. The molecule has 0 aliphatic heterocycles. The molecule has 0 aliphatic rings. The summed E-state index contributed by atoms with van der Waals surface area (Å²) in [7, 11) is -3.32. The van der Waals surface area contributed by atoms with Crippen LogP contribution >= 0.6 is 0 Å². The molecule has 1 aromatic heterocycles. The predicted molar refractivity (Wildman–Crippen MR) is 127 cm³/mol. The van der Waals surface area contributed by atoms with Gasteiger partial charge in [-0.25, -0.2) is 13.1 Å². The van der Waals surface area contributed by atoms with Crippen LogP contribution in [0.1, 0.15) is 5.69 Å². The number of aromatic nitrogens is 2. The van der Waals surface area contributed by atoms with Crippen molar-refractivity contribution in [1.82, 2.24) is 9.78 Å². The van der Waals surface area contributed by atoms with Gasteiger partial charge in [-0.3, -0.25) is 4.72 Å². The van der Waals surface area contributed by atoms with E-state index < -0.39 is 10.0 Å². The Balaban J connectivity index is 1.66. The number of benzene rings is 4. The summed E-state index contributed by atoms with van der Waals surface area (Å²) in [5, 5.41) is 9.46. The molecule has 0 unspecified atom stereocenters. The minimum atomic E-state index is -3.32. The van der Waals surface area contributed by atoms with E-state index >= 15 is 0 Å². The highest BCUT2D eigenvalue weighted by Gasteiger charge is 2.14. The van der Waals surface area contributed by atoms with Crippen molar-refractivity contribution < 1.29 is 8.42 Å². The highest BCUT2D eigenvalue weighted by Crippen LogP contribution is 2.33. The lowest BCUT2D eigenvalue weighted by atomic mass is 9.98. The molecule has 0 amide bonds. The minimum Gasteiger partial charge on any atom is -0.284 e. The van der Waals surface area contributed by atoms with Crippen molar-refractivity contribution in [2.45, 2.75) is 6.92 Å². The molecule has 0 saturated heterocycles. The van der Waals surface area contributed by atoms with Crippen LogP contribution in [0.3, 0.4) is 0 Å². The summed E-state index contributed by atoms with van der Waals surface area (Å²) in [6, 6.07) is 28.4. The van der Waals surface area contributed by atoms with Gasteiger partial charge >= 0.3 is 0 Å². The number of nitrogens with one attached hydrogen (secondary N) is 1. The van der Waals surface area contributed by atoms with E-state index in [9.17, 15) is 8.42 Å². The fraction of sp³-hybridized carbons (Fsp3) is 0.0800. The molecule has 0 bridgehead atoms. The van der Waals surface area contributed by atoms with E-state index in [1.165, 1.54) is 16.2 Å². The Kier molecular flexibility index (Phi) is 4.52. The first-order chi connectivity index (χ1) is 14.9. The highest BCUT2D eigenvalue weighted by molar-refractivity contribution is 7.92. The van der Waals surface area contributed by atoms with Crippen LogP contribution in [0.2, 0.25) is 0 Å². The van der Waals surface area contributed by atoms with Crippen molar-refractivity contribution in [2.75, 3.05) is 11.0 Å². The molecule has 0 saturated carbocycles. The molecule has 5 aromatic rings. The van der Waals surface area contributed by atoms with E-state index in [1.54, 1.807) is 12.1 Å². The molecular weight excluding hydrogens is 406 g/mol. The van der Waals surface area contributed by atoms with Gasteiger partial charge in [0.05, 0.1) is 23.3 Å². The first-order valence-electron chi connectivity index (χ1n) is 9.94. The minimum absolute atomic E-state index is 0.522. The Morgan fingerprint density at radius 2 is 1.48 bits per heavy atom. The molecule has 31 heavy (non-hydrogen) atoms. The summed E-state index contributed by atoms with van der Waals surface area (Å²) in [6.07, 6.45) is 1.14. The first kappa shape index (κ1) is 19.3. The lowest BCUT2D eigenvalue weighted by Gasteiger charge is -2.12. The number of nitrogens with zero attached hydrogens (tertiary/aromatic N) is 2. The van der Waals surface area contributed by atoms with Gasteiger partial charge in [-0.05, 0) is 70.9 Å². The van der Waals surface area contributed by atoms with Crippen LogP contribution in [-0.2, 0) is 10.0 Å². The van der Waals surface area contributed by atoms with Crippen LogP contribution in [-0.4, -0.2) is 24.5 Å². The molecule has 0 aliphatic carbocycles. The van der Waals surface area contributed by atoms with E-state index in [0.717, 1.165) is 34.3 Å². The third-order valence-electron chi connectivity index (χ3n) is 5.27. The molecule has 154 valence electrons. The SMILES string of the molecule is Cc1cc(-c2cccc3cc4ccccc4cc23)n(-c2ccc(NS(C)(=O)=O)cc2)n1. The largest absolute Gasteiger partial charge is 0.284 e. The van der Waals surface area contributed by atoms with Gasteiger partial charge in [-0.15, -0.1) is 0 Å². The van der Waals surface area contributed by atoms with Crippen molar-refractivity contribution >= 4 is 37.3 Å². The third-order valence-corrected chi connectivity index (χ3v) is 5.88. The van der Waals surface area contributed by atoms with Crippen molar-refractivity contribution in [1.29, 1.82) is 0 Å². The zero-order valence-corrected chi connectivity index (χ0v) is 18.0. The number of hydrogen-bond donors (Lipinski definition) is 1. The summed E-state index contributed by atoms with van der Waals surface area (Å²) in [5.41, 5.74) is 4.38. The monoisotopic (exact) mass is 427 g/mol. The molecule has 0 atom stereocenters. The predicted octanol–water partition coefficient (Wildman–Crippen LogP) is 5.53. The Hall–Kier alpha value is -3.64. The lowest BCUT2D eigenvalue weighted by Crippen LogP contribution is -2.09. The van der Waals surface area contributed by atoms with Crippen molar-refractivity contribution in [3.05, 3.63) is 90.6 Å². The van der Waals surface area contributed by atoms with Gasteiger partial charge in [0.1, 0.15) is 0 Å². The van der Waals surface area contributed by atoms with Gasteiger partial charge in [-0.2, -0.15) is 5.10 Å². The van der Waals surface area contributed by atoms with Crippen LogP contribution < -0.4 is 4.72 Å². The maximum Gasteiger partial charge on any atom is 0.229 e. The molecular formula is C25H21N3O2S. The van der Waals surface area contributed by atoms with Gasteiger partial charge < -0.3 is 0 Å². The van der Waals surface area contributed by atoms with E-state index in [4.69, 9.17) is 5.10 Å². The number of anilines is 1. The van der Waals surface area contributed by atoms with E-state index in [0.29, 0.717) is 5.69 Å². The standard InChI is InChI=1S/C25H21N3O2S/c1-17-14-25(28(26-17)22-12-10-21(11-13-22)27-31(2,29)30)23-9-5-8-20-15-18-6-3-4-7-19(18)16-24(20)23/h3-16,27H,1-2H3. The summed E-state index contributed by atoms with van der Waals surface area (Å²) >= 11 is 0. The second-order valence-electron chi connectivity index (χ2n) is 7.73. The van der Waals surface area contributed by atoms with Gasteiger partial charge in [0.15, 0.2) is 0 Å². The second kappa shape index (κ2) is 7.25. The zero-order valence-electron chi connectivity index (χ0n) is 17.2. The van der Waals surface area contributed by atoms with Crippen LogP contribution in [0.4, 0.5) is 5.69 Å². The number of rotatable bonds is 4. The van der Waals surface area contributed by atoms with E-state index in [1.807, 2.05) is 23.7 Å². The number of sulfonamides is 1. The molecule has 1 N–H and O–H groups in total. The summed E-state index contributed by atoms with van der Waals surface area (Å²) < 4.78 is 27.4. The highest BCUT2D eigenvalue weighted by atomic mass is 32.2. The average Bonchev–Trinajstić information content (AvgIpc) is 3.12. The molecule has 0 spiro atoms. The van der Waals surface area contributed by atoms with Gasteiger partial charge in [0, 0.05) is 11.3 Å². The number of aryl methyl sites for hydroxylation is 1. The smallest absolute Gasteiger partial charge is 0.229 e. The topological polar surface area (TPSA) is 64.0 Å². The van der Waals surface area contributed by atoms with E-state index in [2.05, 4.69) is 65.4 Å². The lowest BCUT2D eigenvalue weighted by molar-refractivity contribution is 0.607. The Labute approximate surface area is 181 Å². The second-order valence-corrected chi connectivity index (χ2v) is 9.48. The Morgan fingerprint density at radius 3 is 2.19 bits per heavy atom. The fourth-order valence-corrected chi connectivity index (χ4v) is 4.53. The summed E-state index contributed by atoms with van der Waals surface area (Å²) in [6.45, 7) is 1.97. The van der Waals surface area contributed by atoms with Crippen molar-refractivity contribution in [3.63, 3.8) is 0 Å². The normalized spacial score (nSPS) is 11.8. The zero-order chi connectivity index (χ0) is 21.6. The summed E-state index contributed by atoms with van der Waals surface area (Å²) in [5.74, 6) is 0. The average molecular weight is 428 g/mol. The molecule has 5 rings (SSSR count). The Bertz CT molecular complexity index is 1530. The van der Waals surface area contributed by atoms with Gasteiger partial charge in [0.2, 0.25) is 10.0 Å². The number of fused-ring (bicyclic) bond motifs is 2. The van der Waals surface area contributed by atoms with Crippen LogP contribution in [0.15, 0.2) is 84.9 Å². The molecule has 1 heterocycles. The fourth-order valence-electron chi connectivity index (χ4n) is 3.96.